The summed E-state index contributed by atoms with van der Waals surface area (Å²) >= 11 is 0. The van der Waals surface area contributed by atoms with Crippen LogP contribution in [-0.4, -0.2) is 28.3 Å². The Kier molecular flexibility index (Phi) is 6.73. The topological polar surface area (TPSA) is 49.4 Å². The van der Waals surface area contributed by atoms with Crippen molar-refractivity contribution < 1.29 is 14.0 Å². The molecule has 0 unspecified atom stereocenters. The van der Waals surface area contributed by atoms with Gasteiger partial charge in [-0.05, 0) is 40.2 Å². The van der Waals surface area contributed by atoms with Crippen molar-refractivity contribution >= 4 is 11.8 Å². The van der Waals surface area contributed by atoms with E-state index in [1.54, 1.807) is 25.1 Å². The first-order chi connectivity index (χ1) is 10.7. The molecule has 2 amide bonds. The Morgan fingerprint density at radius 3 is 2.39 bits per heavy atom. The van der Waals surface area contributed by atoms with E-state index >= 15 is 0 Å². The number of nitrogens with zero attached hydrogens (tertiary/aromatic N) is 1. The fourth-order valence-electron chi connectivity index (χ4n) is 2.22. The van der Waals surface area contributed by atoms with Crippen LogP contribution in [0.4, 0.5) is 4.39 Å². The van der Waals surface area contributed by atoms with Gasteiger partial charge in [0.2, 0.25) is 11.8 Å². The third kappa shape index (κ3) is 6.00. The van der Waals surface area contributed by atoms with E-state index in [-0.39, 0.29) is 29.7 Å². The molecule has 0 heterocycles. The molecule has 1 atom stereocenters. The molecule has 1 N–H and O–H groups in total. The summed E-state index contributed by atoms with van der Waals surface area (Å²) in [5, 5.41) is 2.87. The van der Waals surface area contributed by atoms with E-state index < -0.39 is 6.04 Å². The average Bonchev–Trinajstić information content (AvgIpc) is 2.44. The molecule has 0 saturated carbocycles. The summed E-state index contributed by atoms with van der Waals surface area (Å²) in [4.78, 5) is 26.2. The van der Waals surface area contributed by atoms with Crippen molar-refractivity contribution in [3.8, 4) is 0 Å². The van der Waals surface area contributed by atoms with Crippen molar-refractivity contribution in [1.29, 1.82) is 0 Å². The summed E-state index contributed by atoms with van der Waals surface area (Å²) in [6.07, 6.45) is 1.02. The minimum atomic E-state index is -0.659. The summed E-state index contributed by atoms with van der Waals surface area (Å²) in [7, 11) is 0. The Balaban J connectivity index is 2.98. The van der Waals surface area contributed by atoms with Crippen LogP contribution in [0.25, 0.3) is 0 Å². The largest absolute Gasteiger partial charge is 0.350 e. The number of halogens is 1. The van der Waals surface area contributed by atoms with Gasteiger partial charge in [0.15, 0.2) is 0 Å². The van der Waals surface area contributed by atoms with Crippen molar-refractivity contribution in [2.24, 2.45) is 0 Å². The van der Waals surface area contributed by atoms with E-state index in [1.807, 2.05) is 27.7 Å². The monoisotopic (exact) mass is 322 g/mol. The molecule has 0 aliphatic heterocycles. The molecule has 0 aliphatic rings. The maximum atomic E-state index is 13.9. The van der Waals surface area contributed by atoms with Crippen LogP contribution in [0.1, 0.15) is 53.0 Å². The summed E-state index contributed by atoms with van der Waals surface area (Å²) in [6, 6.07) is 5.66. The Morgan fingerprint density at radius 2 is 1.87 bits per heavy atom. The van der Waals surface area contributed by atoms with Gasteiger partial charge in [0.1, 0.15) is 11.9 Å². The minimum Gasteiger partial charge on any atom is -0.350 e. The smallest absolute Gasteiger partial charge is 0.242 e. The minimum absolute atomic E-state index is 0.0875. The van der Waals surface area contributed by atoms with Gasteiger partial charge in [-0.15, -0.1) is 0 Å². The van der Waals surface area contributed by atoms with Crippen LogP contribution in [0.2, 0.25) is 0 Å². The quantitative estimate of drug-likeness (QED) is 0.874. The SMILES string of the molecule is CCCC(=O)N(Cc1ccccc1F)[C@@H](C)C(=O)NC(C)(C)C. The van der Waals surface area contributed by atoms with Gasteiger partial charge in [0.05, 0.1) is 0 Å². The van der Waals surface area contributed by atoms with Gasteiger partial charge in [-0.2, -0.15) is 0 Å². The molecule has 0 bridgehead atoms. The summed E-state index contributed by atoms with van der Waals surface area (Å²) in [5.74, 6) is -0.754. The highest BCUT2D eigenvalue weighted by atomic mass is 19.1. The number of carbonyl (C=O) groups excluding carboxylic acids is 2. The van der Waals surface area contributed by atoms with Crippen molar-refractivity contribution in [3.05, 3.63) is 35.6 Å². The number of benzene rings is 1. The first-order valence-electron chi connectivity index (χ1n) is 8.00. The van der Waals surface area contributed by atoms with E-state index in [9.17, 15) is 14.0 Å². The number of carbonyl (C=O) groups is 2. The molecule has 0 radical (unpaired) electrons. The van der Waals surface area contributed by atoms with Crippen LogP contribution in [0.5, 0.6) is 0 Å². The number of hydrogen-bond donors (Lipinski definition) is 1. The first kappa shape index (κ1) is 19.1. The van der Waals surface area contributed by atoms with Gasteiger partial charge < -0.3 is 10.2 Å². The molecule has 0 saturated heterocycles. The fourth-order valence-corrected chi connectivity index (χ4v) is 2.22. The Bertz CT molecular complexity index is 552. The Labute approximate surface area is 138 Å². The van der Waals surface area contributed by atoms with Crippen LogP contribution in [0.15, 0.2) is 24.3 Å². The van der Waals surface area contributed by atoms with Crippen LogP contribution >= 0.6 is 0 Å². The van der Waals surface area contributed by atoms with Crippen LogP contribution in [0, 0.1) is 5.82 Å². The maximum Gasteiger partial charge on any atom is 0.242 e. The summed E-state index contributed by atoms with van der Waals surface area (Å²) < 4.78 is 13.9. The molecule has 1 aromatic rings. The second-order valence-corrected chi connectivity index (χ2v) is 6.78. The first-order valence-corrected chi connectivity index (χ1v) is 8.00. The second kappa shape index (κ2) is 8.09. The van der Waals surface area contributed by atoms with Crippen molar-refractivity contribution in [2.75, 3.05) is 0 Å². The lowest BCUT2D eigenvalue weighted by molar-refractivity contribution is -0.141. The zero-order valence-corrected chi connectivity index (χ0v) is 14.6. The third-order valence-electron chi connectivity index (χ3n) is 3.43. The van der Waals surface area contributed by atoms with Gasteiger partial charge >= 0.3 is 0 Å². The lowest BCUT2D eigenvalue weighted by atomic mass is 10.1. The van der Waals surface area contributed by atoms with Crippen LogP contribution in [-0.2, 0) is 16.1 Å². The number of rotatable bonds is 6. The van der Waals surface area contributed by atoms with Gasteiger partial charge in [-0.3, -0.25) is 9.59 Å². The van der Waals surface area contributed by atoms with Crippen LogP contribution < -0.4 is 5.32 Å². The van der Waals surface area contributed by atoms with E-state index in [0.29, 0.717) is 18.4 Å². The molecular weight excluding hydrogens is 295 g/mol. The zero-order chi connectivity index (χ0) is 17.6. The molecule has 0 aromatic heterocycles. The van der Waals surface area contributed by atoms with Gasteiger partial charge in [-0.1, -0.05) is 25.1 Å². The Morgan fingerprint density at radius 1 is 1.26 bits per heavy atom. The number of amides is 2. The molecule has 0 spiro atoms. The highest BCUT2D eigenvalue weighted by Gasteiger charge is 2.28. The van der Waals surface area contributed by atoms with Gasteiger partial charge in [0.25, 0.3) is 0 Å². The standard InChI is InChI=1S/C18H27FN2O2/c1-6-9-16(22)21(12-14-10-7-8-11-15(14)19)13(2)17(23)20-18(3,4)5/h7-8,10-11,13H,6,9,12H2,1-5H3,(H,20,23)/t13-/m0/s1. The van der Waals surface area contributed by atoms with Gasteiger partial charge in [-0.25, -0.2) is 4.39 Å². The molecule has 1 rings (SSSR count). The molecular formula is C18H27FN2O2. The van der Waals surface area contributed by atoms with Crippen LogP contribution in [0.3, 0.4) is 0 Å². The number of nitrogens with one attached hydrogen (secondary N) is 1. The normalized spacial score (nSPS) is 12.6. The van der Waals surface area contributed by atoms with Crippen molar-refractivity contribution in [3.63, 3.8) is 0 Å². The highest BCUT2D eigenvalue weighted by molar-refractivity contribution is 5.87. The highest BCUT2D eigenvalue weighted by Crippen LogP contribution is 2.15. The van der Waals surface area contributed by atoms with Crippen molar-refractivity contribution in [2.45, 2.75) is 65.6 Å². The predicted octanol–water partition coefficient (Wildman–Crippen LogP) is 3.26. The molecule has 128 valence electrons. The van der Waals surface area contributed by atoms with E-state index in [0.717, 1.165) is 0 Å². The lowest BCUT2D eigenvalue weighted by Crippen LogP contribution is -2.52. The van der Waals surface area contributed by atoms with E-state index in [2.05, 4.69) is 5.32 Å². The molecule has 5 heteroatoms. The third-order valence-corrected chi connectivity index (χ3v) is 3.43. The summed E-state index contributed by atoms with van der Waals surface area (Å²) in [5.41, 5.74) is 0.0235. The van der Waals surface area contributed by atoms with Crippen molar-refractivity contribution in [1.82, 2.24) is 10.2 Å². The summed E-state index contributed by atoms with van der Waals surface area (Å²) in [6.45, 7) is 9.31. The number of hydrogen-bond acceptors (Lipinski definition) is 2. The molecule has 1 aromatic carbocycles. The average molecular weight is 322 g/mol. The van der Waals surface area contributed by atoms with E-state index in [1.165, 1.54) is 11.0 Å². The predicted molar refractivity (Wildman–Crippen MR) is 89.2 cm³/mol. The zero-order valence-electron chi connectivity index (χ0n) is 14.6. The fraction of sp³-hybridized carbons (Fsp3) is 0.556. The molecule has 23 heavy (non-hydrogen) atoms. The molecule has 0 fully saturated rings. The second-order valence-electron chi connectivity index (χ2n) is 6.78. The molecule has 4 nitrogen and oxygen atoms in total. The molecule has 0 aliphatic carbocycles. The van der Waals surface area contributed by atoms with Gasteiger partial charge in [0, 0.05) is 24.1 Å². The van der Waals surface area contributed by atoms with E-state index in [4.69, 9.17) is 0 Å². The Hall–Kier alpha value is -1.91. The maximum absolute atomic E-state index is 13.9. The lowest BCUT2D eigenvalue weighted by Gasteiger charge is -2.31.